The molecule has 0 fully saturated rings. The van der Waals surface area contributed by atoms with Gasteiger partial charge in [-0.3, -0.25) is 4.79 Å². The van der Waals surface area contributed by atoms with Crippen molar-refractivity contribution < 1.29 is 14.3 Å². The molecule has 0 spiro atoms. The number of carbonyl (C=O) groups is 1. The molecule has 2 rings (SSSR count). The normalized spacial score (nSPS) is 10.4. The fraction of sp³-hybridized carbons (Fsp3) is 0.214. The Labute approximate surface area is 100.0 Å². The van der Waals surface area contributed by atoms with Gasteiger partial charge in [0.25, 0.3) is 0 Å². The van der Waals surface area contributed by atoms with Crippen molar-refractivity contribution >= 4 is 17.1 Å². The van der Waals surface area contributed by atoms with Crippen LogP contribution in [0.15, 0.2) is 36.4 Å². The van der Waals surface area contributed by atoms with Crippen LogP contribution in [-0.4, -0.2) is 26.6 Å². The number of ether oxygens (including phenoxy) is 2. The summed E-state index contributed by atoms with van der Waals surface area (Å²) in [4.78, 5) is 10.7. The van der Waals surface area contributed by atoms with Crippen molar-refractivity contribution in [1.82, 2.24) is 0 Å². The third-order valence-corrected chi connectivity index (χ3v) is 2.53. The van der Waals surface area contributed by atoms with Gasteiger partial charge in [-0.05, 0) is 29.0 Å². The van der Waals surface area contributed by atoms with Crippen LogP contribution in [0.4, 0.5) is 0 Å². The van der Waals surface area contributed by atoms with Crippen LogP contribution in [0.1, 0.15) is 10.4 Å². The van der Waals surface area contributed by atoms with Gasteiger partial charge in [-0.1, -0.05) is 18.2 Å². The Bertz CT molecular complexity index is 520. The van der Waals surface area contributed by atoms with Crippen molar-refractivity contribution in [3.8, 4) is 5.75 Å². The number of rotatable bonds is 5. The summed E-state index contributed by atoms with van der Waals surface area (Å²) in [5, 5.41) is 2.10. The van der Waals surface area contributed by atoms with E-state index in [0.717, 1.165) is 22.8 Å². The van der Waals surface area contributed by atoms with Gasteiger partial charge in [-0.15, -0.1) is 0 Å². The highest BCUT2D eigenvalue weighted by Crippen LogP contribution is 2.21. The fourth-order valence-corrected chi connectivity index (χ4v) is 1.65. The lowest BCUT2D eigenvalue weighted by Crippen LogP contribution is -2.03. The van der Waals surface area contributed by atoms with E-state index in [-0.39, 0.29) is 0 Å². The lowest BCUT2D eigenvalue weighted by Gasteiger charge is -2.06. The van der Waals surface area contributed by atoms with E-state index in [1.54, 1.807) is 13.2 Å². The van der Waals surface area contributed by atoms with Crippen molar-refractivity contribution in [2.24, 2.45) is 0 Å². The smallest absolute Gasteiger partial charge is 0.150 e. The van der Waals surface area contributed by atoms with Crippen LogP contribution < -0.4 is 4.74 Å². The maximum Gasteiger partial charge on any atom is 0.150 e. The summed E-state index contributed by atoms with van der Waals surface area (Å²) < 4.78 is 10.4. The Balaban J connectivity index is 2.22. The minimum absolute atomic E-state index is 0.536. The molecule has 0 N–H and O–H groups in total. The van der Waals surface area contributed by atoms with Crippen LogP contribution in [0.5, 0.6) is 5.75 Å². The zero-order valence-corrected chi connectivity index (χ0v) is 9.68. The first-order valence-electron chi connectivity index (χ1n) is 5.44. The van der Waals surface area contributed by atoms with Crippen LogP contribution in [0.3, 0.4) is 0 Å². The zero-order valence-electron chi connectivity index (χ0n) is 9.68. The summed E-state index contributed by atoms with van der Waals surface area (Å²) in [5.41, 5.74) is 0.686. The zero-order chi connectivity index (χ0) is 12.1. The third-order valence-electron chi connectivity index (χ3n) is 2.53. The first-order chi connectivity index (χ1) is 8.33. The second-order valence-corrected chi connectivity index (χ2v) is 3.73. The van der Waals surface area contributed by atoms with Gasteiger partial charge in [0.15, 0.2) is 0 Å². The van der Waals surface area contributed by atoms with Gasteiger partial charge in [-0.2, -0.15) is 0 Å². The van der Waals surface area contributed by atoms with Crippen molar-refractivity contribution in [2.45, 2.75) is 0 Å². The molecular formula is C14H14O3. The fourth-order valence-electron chi connectivity index (χ4n) is 1.65. The van der Waals surface area contributed by atoms with Crippen LogP contribution >= 0.6 is 0 Å². The molecule has 17 heavy (non-hydrogen) atoms. The van der Waals surface area contributed by atoms with Crippen LogP contribution in [-0.2, 0) is 4.74 Å². The molecule has 2 aromatic carbocycles. The highest BCUT2D eigenvalue weighted by molar-refractivity contribution is 5.89. The van der Waals surface area contributed by atoms with Gasteiger partial charge in [0.2, 0.25) is 0 Å². The van der Waals surface area contributed by atoms with Crippen molar-refractivity contribution in [3.63, 3.8) is 0 Å². The third kappa shape index (κ3) is 2.82. The van der Waals surface area contributed by atoms with E-state index < -0.39 is 0 Å². The number of hydrogen-bond donors (Lipinski definition) is 0. The minimum atomic E-state index is 0.536. The minimum Gasteiger partial charge on any atom is -0.491 e. The molecule has 88 valence electrons. The molecule has 0 aliphatic rings. The Morgan fingerprint density at radius 3 is 2.59 bits per heavy atom. The van der Waals surface area contributed by atoms with Gasteiger partial charge < -0.3 is 9.47 Å². The summed E-state index contributed by atoms with van der Waals surface area (Å²) >= 11 is 0. The van der Waals surface area contributed by atoms with Crippen LogP contribution in [0, 0.1) is 0 Å². The SMILES string of the molecule is COCCOc1ccc2cc(C=O)ccc2c1. The Morgan fingerprint density at radius 1 is 1.06 bits per heavy atom. The number of methoxy groups -OCH3 is 1. The topological polar surface area (TPSA) is 35.5 Å². The highest BCUT2D eigenvalue weighted by Gasteiger charge is 1.99. The number of aldehydes is 1. The van der Waals surface area contributed by atoms with E-state index in [1.165, 1.54) is 0 Å². The molecule has 0 unspecified atom stereocenters. The number of carbonyl (C=O) groups excluding carboxylic acids is 1. The predicted octanol–water partition coefficient (Wildman–Crippen LogP) is 2.68. The second kappa shape index (κ2) is 5.46. The Kier molecular flexibility index (Phi) is 3.73. The lowest BCUT2D eigenvalue weighted by molar-refractivity contribution is 0.112. The lowest BCUT2D eigenvalue weighted by atomic mass is 10.1. The van der Waals surface area contributed by atoms with Gasteiger partial charge in [0.1, 0.15) is 18.6 Å². The average Bonchev–Trinajstić information content (AvgIpc) is 2.38. The molecule has 3 nitrogen and oxygen atoms in total. The first kappa shape index (κ1) is 11.6. The van der Waals surface area contributed by atoms with Crippen molar-refractivity contribution in [1.29, 1.82) is 0 Å². The summed E-state index contributed by atoms with van der Waals surface area (Å²) in [6, 6.07) is 11.4. The Morgan fingerprint density at radius 2 is 1.82 bits per heavy atom. The average molecular weight is 230 g/mol. The van der Waals surface area contributed by atoms with E-state index in [2.05, 4.69) is 0 Å². The summed E-state index contributed by atoms with van der Waals surface area (Å²) in [7, 11) is 1.64. The van der Waals surface area contributed by atoms with Gasteiger partial charge in [0.05, 0.1) is 6.61 Å². The maximum absolute atomic E-state index is 10.7. The van der Waals surface area contributed by atoms with Crippen LogP contribution in [0.25, 0.3) is 10.8 Å². The van der Waals surface area contributed by atoms with E-state index in [9.17, 15) is 4.79 Å². The molecule has 3 heteroatoms. The molecule has 0 saturated heterocycles. The van der Waals surface area contributed by atoms with Gasteiger partial charge >= 0.3 is 0 Å². The van der Waals surface area contributed by atoms with Gasteiger partial charge in [0, 0.05) is 12.7 Å². The standard InChI is InChI=1S/C14H14O3/c1-16-6-7-17-14-5-4-12-8-11(10-15)2-3-13(12)9-14/h2-5,8-10H,6-7H2,1H3. The molecule has 0 aromatic heterocycles. The largest absolute Gasteiger partial charge is 0.491 e. The molecule has 0 aliphatic carbocycles. The number of benzene rings is 2. The Hall–Kier alpha value is -1.87. The maximum atomic E-state index is 10.7. The molecule has 0 atom stereocenters. The molecule has 0 amide bonds. The highest BCUT2D eigenvalue weighted by atomic mass is 16.5. The molecule has 0 radical (unpaired) electrons. The van der Waals surface area contributed by atoms with Crippen molar-refractivity contribution in [2.75, 3.05) is 20.3 Å². The van der Waals surface area contributed by atoms with E-state index in [0.29, 0.717) is 18.8 Å². The number of hydrogen-bond acceptors (Lipinski definition) is 3. The molecule has 0 aliphatic heterocycles. The van der Waals surface area contributed by atoms with E-state index >= 15 is 0 Å². The molecular weight excluding hydrogens is 216 g/mol. The monoisotopic (exact) mass is 230 g/mol. The molecule has 0 bridgehead atoms. The summed E-state index contributed by atoms with van der Waals surface area (Å²) in [6.07, 6.45) is 0.850. The van der Waals surface area contributed by atoms with Gasteiger partial charge in [-0.25, -0.2) is 0 Å². The second-order valence-electron chi connectivity index (χ2n) is 3.73. The predicted molar refractivity (Wildman–Crippen MR) is 66.7 cm³/mol. The summed E-state index contributed by atoms with van der Waals surface area (Å²) in [5.74, 6) is 0.813. The molecule has 2 aromatic rings. The first-order valence-corrected chi connectivity index (χ1v) is 5.44. The molecule has 0 heterocycles. The quantitative estimate of drug-likeness (QED) is 0.585. The summed E-state index contributed by atoms with van der Waals surface area (Å²) in [6.45, 7) is 1.11. The molecule has 0 saturated carbocycles. The van der Waals surface area contributed by atoms with Crippen LogP contribution in [0.2, 0.25) is 0 Å². The van der Waals surface area contributed by atoms with Crippen molar-refractivity contribution in [3.05, 3.63) is 42.0 Å². The van der Waals surface area contributed by atoms with E-state index in [4.69, 9.17) is 9.47 Å². The van der Waals surface area contributed by atoms with E-state index in [1.807, 2.05) is 30.3 Å². The number of fused-ring (bicyclic) bond motifs is 1.